The van der Waals surface area contributed by atoms with Gasteiger partial charge in [0.15, 0.2) is 0 Å². The van der Waals surface area contributed by atoms with Gasteiger partial charge in [-0.15, -0.1) is 0 Å². The summed E-state index contributed by atoms with van der Waals surface area (Å²) >= 11 is 0. The Hall–Kier alpha value is -0.360. The maximum Gasteiger partial charge on any atom is 0.0678 e. The first-order valence-corrected chi connectivity index (χ1v) is 23.6. The van der Waals surface area contributed by atoms with Crippen molar-refractivity contribution in [1.29, 1.82) is 0 Å². The molecular formula is C50H110N4O5. The van der Waals surface area contributed by atoms with Crippen LogP contribution in [0.25, 0.3) is 0 Å². The summed E-state index contributed by atoms with van der Waals surface area (Å²) in [4.78, 5) is 0. The summed E-state index contributed by atoms with van der Waals surface area (Å²) < 4.78 is 25.7. The zero-order valence-electron chi connectivity index (χ0n) is 44.7. The van der Waals surface area contributed by atoms with Crippen molar-refractivity contribution < 1.29 is 24.1 Å². The predicted molar refractivity (Wildman–Crippen MR) is 259 cm³/mol. The third kappa shape index (κ3) is 24.9. The molecular weight excluding hydrogens is 737 g/mol. The summed E-state index contributed by atoms with van der Waals surface area (Å²) in [5.41, 5.74) is -0.821. The van der Waals surface area contributed by atoms with E-state index in [9.17, 15) is 0 Å². The van der Waals surface area contributed by atoms with Gasteiger partial charge in [0.1, 0.15) is 0 Å². The second-order valence-electron chi connectivity index (χ2n) is 22.3. The van der Waals surface area contributed by atoms with E-state index in [0.717, 1.165) is 65.2 Å². The van der Waals surface area contributed by atoms with Gasteiger partial charge in [0.25, 0.3) is 0 Å². The van der Waals surface area contributed by atoms with Crippen LogP contribution in [0.2, 0.25) is 0 Å². The van der Waals surface area contributed by atoms with Gasteiger partial charge >= 0.3 is 0 Å². The Morgan fingerprint density at radius 3 is 1.66 bits per heavy atom. The quantitative estimate of drug-likeness (QED) is 0.0614. The number of methoxy groups -OCH3 is 1. The van der Waals surface area contributed by atoms with Crippen LogP contribution in [0.15, 0.2) is 0 Å². The molecule has 5 N–H and O–H groups in total. The Morgan fingerprint density at radius 1 is 0.746 bits per heavy atom. The summed E-state index contributed by atoms with van der Waals surface area (Å²) in [5.74, 6) is 0.354. The smallest absolute Gasteiger partial charge is 0.0678 e. The Balaban J connectivity index is -0.00000362. The zero-order valence-corrected chi connectivity index (χ0v) is 44.7. The minimum Gasteiger partial charge on any atom is -0.400 e. The summed E-state index contributed by atoms with van der Waals surface area (Å²) in [6.07, 6.45) is 7.38. The van der Waals surface area contributed by atoms with Crippen LogP contribution in [0.3, 0.4) is 0 Å². The lowest BCUT2D eigenvalue weighted by Gasteiger charge is -2.50. The average Bonchev–Trinajstić information content (AvgIpc) is 3.06. The molecule has 0 spiro atoms. The largest absolute Gasteiger partial charge is 0.400 e. The van der Waals surface area contributed by atoms with Crippen LogP contribution in [0, 0.1) is 16.7 Å². The van der Waals surface area contributed by atoms with Crippen LogP contribution in [-0.2, 0) is 18.9 Å². The van der Waals surface area contributed by atoms with E-state index in [2.05, 4.69) is 167 Å². The van der Waals surface area contributed by atoms with Gasteiger partial charge in [0.2, 0.25) is 0 Å². The van der Waals surface area contributed by atoms with Gasteiger partial charge in [-0.1, -0.05) is 68.7 Å². The SMILES string of the molecule is CC.CCCC(COC)NC(C)CC(C)(C)OC(C)CC(C)(C)C(C)(C)OCCC(C)(C)C(C)(C)OCC(C)C(C)(C)NC1CC(C)(C)NC(C)(C)C1.CCNC.CO. The van der Waals surface area contributed by atoms with E-state index in [4.69, 9.17) is 24.1 Å². The third-order valence-electron chi connectivity index (χ3n) is 13.1. The lowest BCUT2D eigenvalue weighted by molar-refractivity contribution is -0.154. The molecule has 0 aromatic heterocycles. The Kier molecular flexibility index (Phi) is 29.6. The number of rotatable bonds is 25. The highest BCUT2D eigenvalue weighted by molar-refractivity contribution is 5.02. The Morgan fingerprint density at radius 2 is 1.22 bits per heavy atom. The highest BCUT2D eigenvalue weighted by Gasteiger charge is 2.44. The number of hydrogen-bond donors (Lipinski definition) is 5. The van der Waals surface area contributed by atoms with Crippen molar-refractivity contribution >= 4 is 0 Å². The molecule has 0 aliphatic carbocycles. The fourth-order valence-corrected chi connectivity index (χ4v) is 8.45. The molecule has 0 radical (unpaired) electrons. The topological polar surface area (TPSA) is 105 Å². The molecule has 1 heterocycles. The van der Waals surface area contributed by atoms with Crippen LogP contribution in [0.5, 0.6) is 0 Å². The normalized spacial score (nSPS) is 18.6. The predicted octanol–water partition coefficient (Wildman–Crippen LogP) is 11.0. The highest BCUT2D eigenvalue weighted by Crippen LogP contribution is 2.42. The van der Waals surface area contributed by atoms with E-state index < -0.39 is 0 Å². The number of aliphatic hydroxyl groups is 1. The maximum atomic E-state index is 7.00. The van der Waals surface area contributed by atoms with Crippen LogP contribution >= 0.6 is 0 Å². The molecule has 4 unspecified atom stereocenters. The van der Waals surface area contributed by atoms with Gasteiger partial charge in [-0.2, -0.15) is 0 Å². The van der Waals surface area contributed by atoms with E-state index >= 15 is 0 Å². The van der Waals surface area contributed by atoms with Crippen LogP contribution in [0.4, 0.5) is 0 Å². The second kappa shape index (κ2) is 27.7. The number of ether oxygens (including phenoxy) is 4. The summed E-state index contributed by atoms with van der Waals surface area (Å²) in [5, 5.41) is 21.6. The molecule has 0 amide bonds. The van der Waals surface area contributed by atoms with Crippen LogP contribution in [-0.4, -0.2) is 110 Å². The third-order valence-corrected chi connectivity index (χ3v) is 13.1. The van der Waals surface area contributed by atoms with E-state index in [1.54, 1.807) is 7.11 Å². The molecule has 9 nitrogen and oxygen atoms in total. The highest BCUT2D eigenvalue weighted by atomic mass is 16.5. The van der Waals surface area contributed by atoms with Crippen molar-refractivity contribution in [2.24, 2.45) is 16.7 Å². The fourth-order valence-electron chi connectivity index (χ4n) is 8.45. The van der Waals surface area contributed by atoms with Gasteiger partial charge in [0.05, 0.1) is 36.1 Å². The molecule has 0 saturated carbocycles. The molecule has 0 aromatic rings. The molecule has 59 heavy (non-hydrogen) atoms. The fraction of sp³-hybridized carbons (Fsp3) is 1.00. The summed E-state index contributed by atoms with van der Waals surface area (Å²) in [6.45, 7) is 55.1. The van der Waals surface area contributed by atoms with Gasteiger partial charge in [-0.25, -0.2) is 0 Å². The summed E-state index contributed by atoms with van der Waals surface area (Å²) in [6, 6.07) is 1.19. The van der Waals surface area contributed by atoms with Crippen LogP contribution < -0.4 is 21.3 Å². The monoisotopic (exact) mass is 847 g/mol. The van der Waals surface area contributed by atoms with Crippen molar-refractivity contribution in [3.05, 3.63) is 0 Å². The number of nitrogens with one attached hydrogen (secondary N) is 4. The first kappa shape index (κ1) is 62.9. The number of aliphatic hydroxyl groups excluding tert-OH is 1. The van der Waals surface area contributed by atoms with Gasteiger partial charge < -0.3 is 45.3 Å². The zero-order chi connectivity index (χ0) is 47.3. The lowest BCUT2D eigenvalue weighted by atomic mass is 9.72. The van der Waals surface area contributed by atoms with E-state index in [-0.39, 0.29) is 50.4 Å². The van der Waals surface area contributed by atoms with Gasteiger partial charge in [-0.3, -0.25) is 0 Å². The Bertz CT molecular complexity index is 1030. The Labute approximate surface area is 370 Å². The van der Waals surface area contributed by atoms with Crippen molar-refractivity contribution in [3.8, 4) is 0 Å². The minimum absolute atomic E-state index is 0.0416. The van der Waals surface area contributed by atoms with Crippen molar-refractivity contribution in [1.82, 2.24) is 21.3 Å². The van der Waals surface area contributed by atoms with E-state index in [0.29, 0.717) is 37.3 Å². The maximum absolute atomic E-state index is 7.00. The molecule has 4 atom stereocenters. The molecule has 1 aliphatic heterocycles. The van der Waals surface area contributed by atoms with Crippen molar-refractivity contribution in [2.45, 2.75) is 262 Å². The molecule has 1 rings (SSSR count). The molecule has 360 valence electrons. The lowest BCUT2D eigenvalue weighted by Crippen LogP contribution is -2.64. The molecule has 0 bridgehead atoms. The molecule has 1 fully saturated rings. The minimum atomic E-state index is -0.319. The molecule has 1 saturated heterocycles. The standard InChI is InChI=1S/C44H91N3O4.C3H9N.C2H6.CH4O/c1-22-23-35(31-48-21)45-33(3)26-41(13,14)51-34(4)27-38(7,8)44(19,20)49-25-24-37(5,6)43(17,18)50-30-32(2)42(15,16)46-36-28-39(9,10)47-40(11,12)29-36;1-3-4-2;2*1-2/h32-36,45-47H,22-31H2,1-21H3;4H,3H2,1-2H3;1-2H3;2H,1H3. The van der Waals surface area contributed by atoms with E-state index in [1.165, 1.54) is 0 Å². The van der Waals surface area contributed by atoms with Gasteiger partial charge in [-0.05, 0) is 166 Å². The summed E-state index contributed by atoms with van der Waals surface area (Å²) in [7, 11) is 4.71. The average molecular weight is 847 g/mol. The first-order valence-electron chi connectivity index (χ1n) is 23.6. The van der Waals surface area contributed by atoms with Gasteiger partial charge in [0, 0.05) is 55.6 Å². The molecule has 1 aliphatic rings. The number of hydrogen-bond acceptors (Lipinski definition) is 9. The second-order valence-corrected chi connectivity index (χ2v) is 22.3. The van der Waals surface area contributed by atoms with Crippen LogP contribution in [0.1, 0.15) is 204 Å². The first-order chi connectivity index (χ1) is 26.7. The van der Waals surface area contributed by atoms with Crippen molar-refractivity contribution in [3.63, 3.8) is 0 Å². The number of piperidine rings is 1. The van der Waals surface area contributed by atoms with E-state index in [1.807, 2.05) is 20.9 Å². The molecule has 0 aromatic carbocycles. The van der Waals surface area contributed by atoms with Crippen molar-refractivity contribution in [2.75, 3.05) is 47.6 Å². The molecule has 9 heteroatoms.